The SMILES string of the molecule is CCOC(=O)C(c1ccccc1)N1CCCC(C)(O)CC1. The van der Waals surface area contributed by atoms with Crippen molar-refractivity contribution in [2.45, 2.75) is 44.8 Å². The second-order valence-corrected chi connectivity index (χ2v) is 5.95. The van der Waals surface area contributed by atoms with Crippen LogP contribution in [-0.4, -0.2) is 41.3 Å². The Morgan fingerprint density at radius 3 is 2.71 bits per heavy atom. The Kier molecular flexibility index (Phi) is 5.37. The zero-order valence-electron chi connectivity index (χ0n) is 12.9. The monoisotopic (exact) mass is 291 g/mol. The summed E-state index contributed by atoms with van der Waals surface area (Å²) in [6, 6.07) is 9.37. The zero-order valence-corrected chi connectivity index (χ0v) is 12.9. The second kappa shape index (κ2) is 7.05. The summed E-state index contributed by atoms with van der Waals surface area (Å²) in [4.78, 5) is 14.5. The van der Waals surface area contributed by atoms with Crippen molar-refractivity contribution in [2.24, 2.45) is 0 Å². The lowest BCUT2D eigenvalue weighted by Crippen LogP contribution is -2.37. The van der Waals surface area contributed by atoms with Crippen LogP contribution in [0.15, 0.2) is 30.3 Å². The molecule has 0 radical (unpaired) electrons. The number of carbonyl (C=O) groups excluding carboxylic acids is 1. The van der Waals surface area contributed by atoms with Crippen molar-refractivity contribution in [1.82, 2.24) is 4.90 Å². The van der Waals surface area contributed by atoms with Crippen LogP contribution in [0, 0.1) is 0 Å². The number of aliphatic hydroxyl groups is 1. The van der Waals surface area contributed by atoms with Gasteiger partial charge in [-0.05, 0) is 45.2 Å². The Hall–Kier alpha value is -1.39. The van der Waals surface area contributed by atoms with Crippen LogP contribution in [0.1, 0.15) is 44.7 Å². The van der Waals surface area contributed by atoms with E-state index < -0.39 is 5.60 Å². The number of hydrogen-bond acceptors (Lipinski definition) is 4. The quantitative estimate of drug-likeness (QED) is 0.866. The smallest absolute Gasteiger partial charge is 0.327 e. The number of nitrogens with zero attached hydrogens (tertiary/aromatic N) is 1. The lowest BCUT2D eigenvalue weighted by molar-refractivity contribution is -0.150. The molecule has 2 unspecified atom stereocenters. The van der Waals surface area contributed by atoms with Crippen LogP contribution in [0.4, 0.5) is 0 Å². The van der Waals surface area contributed by atoms with Gasteiger partial charge in [-0.15, -0.1) is 0 Å². The minimum absolute atomic E-state index is 0.203. The van der Waals surface area contributed by atoms with Gasteiger partial charge >= 0.3 is 5.97 Å². The lowest BCUT2D eigenvalue weighted by atomic mass is 9.98. The number of rotatable bonds is 4. The predicted molar refractivity (Wildman–Crippen MR) is 81.9 cm³/mol. The highest BCUT2D eigenvalue weighted by atomic mass is 16.5. The first-order valence-corrected chi connectivity index (χ1v) is 7.71. The van der Waals surface area contributed by atoms with Gasteiger partial charge in [0.05, 0.1) is 12.2 Å². The van der Waals surface area contributed by atoms with Gasteiger partial charge in [0.15, 0.2) is 0 Å². The van der Waals surface area contributed by atoms with E-state index in [1.165, 1.54) is 0 Å². The normalized spacial score (nSPS) is 25.1. The average Bonchev–Trinajstić information content (AvgIpc) is 2.62. The number of ether oxygens (including phenoxy) is 1. The van der Waals surface area contributed by atoms with Crippen LogP contribution in [0.5, 0.6) is 0 Å². The van der Waals surface area contributed by atoms with Crippen LogP contribution < -0.4 is 0 Å². The fraction of sp³-hybridized carbons (Fsp3) is 0.588. The largest absolute Gasteiger partial charge is 0.465 e. The van der Waals surface area contributed by atoms with E-state index >= 15 is 0 Å². The first kappa shape index (κ1) is 16.0. The molecule has 1 N–H and O–H groups in total. The van der Waals surface area contributed by atoms with Crippen molar-refractivity contribution in [2.75, 3.05) is 19.7 Å². The van der Waals surface area contributed by atoms with E-state index in [2.05, 4.69) is 4.90 Å². The lowest BCUT2D eigenvalue weighted by Gasteiger charge is -2.29. The van der Waals surface area contributed by atoms with Crippen molar-refractivity contribution >= 4 is 5.97 Å². The Morgan fingerprint density at radius 1 is 1.33 bits per heavy atom. The Morgan fingerprint density at radius 2 is 2.05 bits per heavy atom. The van der Waals surface area contributed by atoms with Crippen LogP contribution in [0.3, 0.4) is 0 Å². The molecule has 0 aliphatic carbocycles. The summed E-state index contributed by atoms with van der Waals surface area (Å²) in [6.45, 7) is 5.58. The maximum Gasteiger partial charge on any atom is 0.327 e. The van der Waals surface area contributed by atoms with Gasteiger partial charge < -0.3 is 9.84 Å². The van der Waals surface area contributed by atoms with E-state index in [0.29, 0.717) is 19.6 Å². The molecule has 1 aromatic carbocycles. The minimum atomic E-state index is -0.634. The molecule has 1 aliphatic heterocycles. The predicted octanol–water partition coefficient (Wildman–Crippen LogP) is 2.53. The molecule has 2 rings (SSSR count). The fourth-order valence-electron chi connectivity index (χ4n) is 2.89. The van der Waals surface area contributed by atoms with Crippen LogP contribution in [0.2, 0.25) is 0 Å². The highest BCUT2D eigenvalue weighted by Gasteiger charge is 2.33. The molecular formula is C17H25NO3. The third-order valence-corrected chi connectivity index (χ3v) is 4.09. The van der Waals surface area contributed by atoms with E-state index in [1.807, 2.05) is 44.2 Å². The highest BCUT2D eigenvalue weighted by molar-refractivity contribution is 5.77. The summed E-state index contributed by atoms with van der Waals surface area (Å²) in [5.74, 6) is -0.203. The summed E-state index contributed by atoms with van der Waals surface area (Å²) >= 11 is 0. The number of hydrogen-bond donors (Lipinski definition) is 1. The van der Waals surface area contributed by atoms with Gasteiger partial charge in [-0.3, -0.25) is 4.90 Å². The fourth-order valence-corrected chi connectivity index (χ4v) is 2.89. The van der Waals surface area contributed by atoms with Gasteiger partial charge in [-0.1, -0.05) is 30.3 Å². The van der Waals surface area contributed by atoms with Crippen molar-refractivity contribution in [3.8, 4) is 0 Å². The van der Waals surface area contributed by atoms with E-state index in [0.717, 1.165) is 24.9 Å². The third-order valence-electron chi connectivity index (χ3n) is 4.09. The van der Waals surface area contributed by atoms with Crippen LogP contribution >= 0.6 is 0 Å². The highest BCUT2D eigenvalue weighted by Crippen LogP contribution is 2.28. The van der Waals surface area contributed by atoms with Gasteiger partial charge in [0, 0.05) is 6.54 Å². The summed E-state index contributed by atoms with van der Waals surface area (Å²) in [7, 11) is 0. The summed E-state index contributed by atoms with van der Waals surface area (Å²) in [5, 5.41) is 10.2. The Balaban J connectivity index is 2.21. The molecular weight excluding hydrogens is 266 g/mol. The molecule has 21 heavy (non-hydrogen) atoms. The molecule has 1 aromatic rings. The average molecular weight is 291 g/mol. The van der Waals surface area contributed by atoms with Gasteiger partial charge in [0.2, 0.25) is 0 Å². The van der Waals surface area contributed by atoms with Crippen molar-refractivity contribution in [3.05, 3.63) is 35.9 Å². The first-order valence-electron chi connectivity index (χ1n) is 7.71. The van der Waals surface area contributed by atoms with E-state index in [9.17, 15) is 9.90 Å². The molecule has 4 nitrogen and oxygen atoms in total. The van der Waals surface area contributed by atoms with E-state index in [4.69, 9.17) is 4.74 Å². The first-order chi connectivity index (χ1) is 10.0. The second-order valence-electron chi connectivity index (χ2n) is 5.95. The van der Waals surface area contributed by atoms with Crippen molar-refractivity contribution < 1.29 is 14.6 Å². The van der Waals surface area contributed by atoms with E-state index in [-0.39, 0.29) is 12.0 Å². The van der Waals surface area contributed by atoms with Crippen LogP contribution in [0.25, 0.3) is 0 Å². The molecule has 1 fully saturated rings. The Labute approximate surface area is 126 Å². The molecule has 4 heteroatoms. The standard InChI is InChI=1S/C17H25NO3/c1-3-21-16(19)15(14-8-5-4-6-9-14)18-12-7-10-17(2,20)11-13-18/h4-6,8-9,15,20H,3,7,10-13H2,1-2H3. The number of likely N-dealkylation sites (tertiary alicyclic amines) is 1. The third kappa shape index (κ3) is 4.29. The minimum Gasteiger partial charge on any atom is -0.465 e. The van der Waals surface area contributed by atoms with Gasteiger partial charge in [0.1, 0.15) is 6.04 Å². The molecule has 0 bridgehead atoms. The number of benzene rings is 1. The molecule has 1 heterocycles. The van der Waals surface area contributed by atoms with E-state index in [1.54, 1.807) is 0 Å². The summed E-state index contributed by atoms with van der Waals surface area (Å²) in [5.41, 5.74) is 0.322. The molecule has 116 valence electrons. The molecule has 0 spiro atoms. The molecule has 0 amide bonds. The van der Waals surface area contributed by atoms with Gasteiger partial charge in [0.25, 0.3) is 0 Å². The topological polar surface area (TPSA) is 49.8 Å². The molecule has 0 saturated carbocycles. The van der Waals surface area contributed by atoms with Crippen LogP contribution in [-0.2, 0) is 9.53 Å². The maximum absolute atomic E-state index is 12.4. The van der Waals surface area contributed by atoms with Gasteiger partial charge in [-0.25, -0.2) is 4.79 Å². The summed E-state index contributed by atoms with van der Waals surface area (Å²) in [6.07, 6.45) is 2.33. The maximum atomic E-state index is 12.4. The Bertz CT molecular complexity index is 458. The molecule has 0 aromatic heterocycles. The van der Waals surface area contributed by atoms with Crippen molar-refractivity contribution in [1.29, 1.82) is 0 Å². The van der Waals surface area contributed by atoms with Crippen molar-refractivity contribution in [3.63, 3.8) is 0 Å². The zero-order chi connectivity index (χ0) is 15.3. The number of carbonyl (C=O) groups is 1. The molecule has 1 saturated heterocycles. The molecule has 2 atom stereocenters. The summed E-state index contributed by atoms with van der Waals surface area (Å²) < 4.78 is 5.26. The molecule has 1 aliphatic rings. The van der Waals surface area contributed by atoms with Gasteiger partial charge in [-0.2, -0.15) is 0 Å². The number of esters is 1.